The van der Waals surface area contributed by atoms with Crippen LogP contribution in [0.3, 0.4) is 0 Å². The Labute approximate surface area is 188 Å². The van der Waals surface area contributed by atoms with Crippen LogP contribution in [-0.2, 0) is 15.0 Å². The molecule has 2 aromatic carbocycles. The third kappa shape index (κ3) is 5.12. The third-order valence-corrected chi connectivity index (χ3v) is 6.71. The van der Waals surface area contributed by atoms with E-state index in [9.17, 15) is 9.59 Å². The number of benzene rings is 2. The number of likely N-dealkylation sites (tertiary alicyclic amines) is 1. The van der Waals surface area contributed by atoms with Crippen LogP contribution in [0.5, 0.6) is 0 Å². The van der Waals surface area contributed by atoms with E-state index in [-0.39, 0.29) is 23.8 Å². The molecular weight excluding hydrogens is 440 g/mol. The maximum atomic E-state index is 13.1. The van der Waals surface area contributed by atoms with Gasteiger partial charge < -0.3 is 10.2 Å². The first-order valence-electron chi connectivity index (χ1n) is 10.7. The molecule has 1 unspecified atom stereocenters. The second-order valence-electron chi connectivity index (χ2n) is 8.58. The zero-order chi connectivity index (χ0) is 21.7. The minimum absolute atomic E-state index is 0.0327. The number of carbonyl (C=O) groups excluding carboxylic acids is 2. The number of amides is 2. The number of halogens is 1. The van der Waals surface area contributed by atoms with Crippen molar-refractivity contribution in [1.29, 1.82) is 0 Å². The predicted molar refractivity (Wildman–Crippen MR) is 124 cm³/mol. The van der Waals surface area contributed by atoms with Gasteiger partial charge in [0.05, 0.1) is 11.3 Å². The molecule has 3 rings (SSSR count). The number of hydrogen-bond donors (Lipinski definition) is 1. The van der Waals surface area contributed by atoms with E-state index in [4.69, 9.17) is 0 Å². The van der Waals surface area contributed by atoms with Crippen LogP contribution >= 0.6 is 15.9 Å². The lowest BCUT2D eigenvalue weighted by atomic mass is 9.83. The van der Waals surface area contributed by atoms with Crippen molar-refractivity contribution >= 4 is 27.7 Å². The lowest BCUT2D eigenvalue weighted by molar-refractivity contribution is -0.134. The normalized spacial score (nSPS) is 16.2. The fraction of sp³-hybridized carbons (Fsp3) is 0.440. The Bertz CT molecular complexity index is 856. The fourth-order valence-corrected chi connectivity index (χ4v) is 4.33. The van der Waals surface area contributed by atoms with E-state index in [1.54, 1.807) is 0 Å². The Morgan fingerprint density at radius 1 is 1.07 bits per heavy atom. The van der Waals surface area contributed by atoms with Crippen LogP contribution in [0.25, 0.3) is 0 Å². The summed E-state index contributed by atoms with van der Waals surface area (Å²) in [5.74, 6) is 0.141. The molecule has 0 aromatic heterocycles. The molecule has 0 spiro atoms. The monoisotopic (exact) mass is 470 g/mol. The molecule has 0 bridgehead atoms. The smallest absolute Gasteiger partial charge is 0.230 e. The number of nitrogens with one attached hydrogen (secondary N) is 1. The molecule has 2 amide bonds. The number of carbonyl (C=O) groups is 2. The van der Waals surface area contributed by atoms with Crippen molar-refractivity contribution in [3.05, 3.63) is 70.2 Å². The zero-order valence-electron chi connectivity index (χ0n) is 18.0. The number of nitrogens with zero attached hydrogens (tertiary/aromatic N) is 1. The Morgan fingerprint density at radius 2 is 1.67 bits per heavy atom. The lowest BCUT2D eigenvalue weighted by Crippen LogP contribution is -2.51. The van der Waals surface area contributed by atoms with Crippen molar-refractivity contribution in [2.75, 3.05) is 13.1 Å². The first-order valence-corrected chi connectivity index (χ1v) is 11.5. The maximum absolute atomic E-state index is 13.1. The maximum Gasteiger partial charge on any atom is 0.230 e. The average Bonchev–Trinajstić information content (AvgIpc) is 2.75. The van der Waals surface area contributed by atoms with Crippen molar-refractivity contribution in [3.63, 3.8) is 0 Å². The van der Waals surface area contributed by atoms with E-state index in [0.717, 1.165) is 34.9 Å². The van der Waals surface area contributed by atoms with E-state index < -0.39 is 5.41 Å². The summed E-state index contributed by atoms with van der Waals surface area (Å²) in [6, 6.07) is 18.0. The Morgan fingerprint density at radius 3 is 2.23 bits per heavy atom. The number of piperidine rings is 1. The second-order valence-corrected chi connectivity index (χ2v) is 9.49. The first kappa shape index (κ1) is 22.5. The van der Waals surface area contributed by atoms with Gasteiger partial charge in [0.15, 0.2) is 0 Å². The molecular formula is C25H31BrN2O2. The third-order valence-electron chi connectivity index (χ3n) is 6.18. The molecule has 1 N–H and O–H groups in total. The molecule has 30 heavy (non-hydrogen) atoms. The van der Waals surface area contributed by atoms with Gasteiger partial charge in [0.25, 0.3) is 0 Å². The van der Waals surface area contributed by atoms with Crippen LogP contribution < -0.4 is 5.32 Å². The summed E-state index contributed by atoms with van der Waals surface area (Å²) in [4.78, 5) is 28.0. The van der Waals surface area contributed by atoms with Gasteiger partial charge >= 0.3 is 0 Å². The van der Waals surface area contributed by atoms with Gasteiger partial charge in [-0.3, -0.25) is 9.59 Å². The molecule has 4 nitrogen and oxygen atoms in total. The van der Waals surface area contributed by atoms with E-state index in [0.29, 0.717) is 13.1 Å². The topological polar surface area (TPSA) is 49.4 Å². The summed E-state index contributed by atoms with van der Waals surface area (Å²) in [7, 11) is 0. The zero-order valence-corrected chi connectivity index (χ0v) is 19.6. The molecule has 1 aliphatic heterocycles. The average molecular weight is 471 g/mol. The highest BCUT2D eigenvalue weighted by molar-refractivity contribution is 9.10. The van der Waals surface area contributed by atoms with Gasteiger partial charge in [-0.25, -0.2) is 0 Å². The van der Waals surface area contributed by atoms with Gasteiger partial charge in [0.1, 0.15) is 0 Å². The highest BCUT2D eigenvalue weighted by atomic mass is 79.9. The van der Waals surface area contributed by atoms with Crippen molar-refractivity contribution in [3.8, 4) is 0 Å². The summed E-state index contributed by atoms with van der Waals surface area (Å²) in [6.45, 7) is 7.34. The fourth-order valence-electron chi connectivity index (χ4n) is 4.07. The van der Waals surface area contributed by atoms with Gasteiger partial charge in [-0.15, -0.1) is 0 Å². The van der Waals surface area contributed by atoms with Crippen LogP contribution in [-0.4, -0.2) is 35.8 Å². The lowest BCUT2D eigenvalue weighted by Gasteiger charge is -2.36. The highest BCUT2D eigenvalue weighted by Gasteiger charge is 2.33. The number of hydrogen-bond acceptors (Lipinski definition) is 2. The van der Waals surface area contributed by atoms with E-state index >= 15 is 0 Å². The second kappa shape index (κ2) is 9.78. The van der Waals surface area contributed by atoms with Crippen LogP contribution in [0.15, 0.2) is 59.1 Å². The van der Waals surface area contributed by atoms with E-state index in [1.807, 2.05) is 73.3 Å². The predicted octanol–water partition coefficient (Wildman–Crippen LogP) is 5.03. The molecule has 0 radical (unpaired) electrons. The van der Waals surface area contributed by atoms with Crippen molar-refractivity contribution in [2.24, 2.45) is 0 Å². The summed E-state index contributed by atoms with van der Waals surface area (Å²) in [5, 5.41) is 3.22. The van der Waals surface area contributed by atoms with Gasteiger partial charge in [0.2, 0.25) is 11.8 Å². The molecule has 2 aromatic rings. The number of rotatable bonds is 6. The molecule has 5 heteroatoms. The largest absolute Gasteiger partial charge is 0.352 e. The van der Waals surface area contributed by atoms with Gasteiger partial charge in [0, 0.05) is 23.6 Å². The summed E-state index contributed by atoms with van der Waals surface area (Å²) in [5.41, 5.74) is 1.47. The van der Waals surface area contributed by atoms with Crippen LogP contribution in [0.4, 0.5) is 0 Å². The molecule has 1 saturated heterocycles. The molecule has 0 saturated carbocycles. The SMILES string of the molecule is CCC(C(=O)N1CCC(NC(=O)C(C)(C)c2ccc(Br)cc2)CC1)c1ccccc1. The van der Waals surface area contributed by atoms with Gasteiger partial charge in [-0.1, -0.05) is 65.3 Å². The molecule has 160 valence electrons. The van der Waals surface area contributed by atoms with Crippen molar-refractivity contribution in [1.82, 2.24) is 10.2 Å². The quantitative estimate of drug-likeness (QED) is 0.643. The van der Waals surface area contributed by atoms with Crippen molar-refractivity contribution < 1.29 is 9.59 Å². The van der Waals surface area contributed by atoms with Crippen LogP contribution in [0, 0.1) is 0 Å². The molecule has 1 atom stereocenters. The highest BCUT2D eigenvalue weighted by Crippen LogP contribution is 2.27. The Balaban J connectivity index is 1.56. The molecule has 1 aliphatic rings. The standard InChI is InChI=1S/C25H31BrN2O2/c1-4-22(18-8-6-5-7-9-18)23(29)28-16-14-21(15-17-28)27-24(30)25(2,3)19-10-12-20(26)13-11-19/h5-13,21-22H,4,14-17H2,1-3H3,(H,27,30). The Hall–Kier alpha value is -2.14. The van der Waals surface area contributed by atoms with Gasteiger partial charge in [-0.2, -0.15) is 0 Å². The summed E-state index contributed by atoms with van der Waals surface area (Å²) < 4.78 is 1.00. The van der Waals surface area contributed by atoms with Crippen LogP contribution in [0.1, 0.15) is 57.1 Å². The minimum Gasteiger partial charge on any atom is -0.352 e. The molecule has 1 heterocycles. The first-order chi connectivity index (χ1) is 14.3. The van der Waals surface area contributed by atoms with E-state index in [1.165, 1.54) is 0 Å². The molecule has 1 fully saturated rings. The van der Waals surface area contributed by atoms with E-state index in [2.05, 4.69) is 28.2 Å². The summed E-state index contributed by atoms with van der Waals surface area (Å²) >= 11 is 3.44. The summed E-state index contributed by atoms with van der Waals surface area (Å²) in [6.07, 6.45) is 2.37. The van der Waals surface area contributed by atoms with Crippen LogP contribution in [0.2, 0.25) is 0 Å². The minimum atomic E-state index is -0.603. The van der Waals surface area contributed by atoms with Crippen molar-refractivity contribution in [2.45, 2.75) is 57.4 Å². The van der Waals surface area contributed by atoms with Gasteiger partial charge in [-0.05, 0) is 56.4 Å². The molecule has 0 aliphatic carbocycles. The Kier molecular flexibility index (Phi) is 7.35.